The molecule has 1 saturated carbocycles. The highest BCUT2D eigenvalue weighted by molar-refractivity contribution is 7.88. The van der Waals surface area contributed by atoms with Crippen molar-refractivity contribution in [3.63, 3.8) is 0 Å². The molecule has 1 rings (SSSR count). The fourth-order valence-electron chi connectivity index (χ4n) is 1.58. The first-order chi connectivity index (χ1) is 5.49. The number of rotatable bonds is 3. The maximum atomic E-state index is 10.7. The van der Waals surface area contributed by atoms with Gasteiger partial charge in [-0.05, 0) is 18.8 Å². The number of hydrogen-bond donors (Lipinski definition) is 2. The van der Waals surface area contributed by atoms with Crippen molar-refractivity contribution in [3.8, 4) is 0 Å². The highest BCUT2D eigenvalue weighted by atomic mass is 32.2. The average molecular weight is 192 g/mol. The summed E-state index contributed by atoms with van der Waals surface area (Å²) in [5, 5.41) is 0. The van der Waals surface area contributed by atoms with Gasteiger partial charge in [-0.15, -0.1) is 0 Å². The minimum Gasteiger partial charge on any atom is -0.327 e. The van der Waals surface area contributed by atoms with E-state index in [0.29, 0.717) is 12.5 Å². The van der Waals surface area contributed by atoms with E-state index in [0.717, 1.165) is 19.3 Å². The van der Waals surface area contributed by atoms with Crippen LogP contribution in [0.4, 0.5) is 0 Å². The van der Waals surface area contributed by atoms with E-state index in [2.05, 4.69) is 4.72 Å². The first-order valence-electron chi connectivity index (χ1n) is 4.19. The maximum Gasteiger partial charge on any atom is 0.208 e. The van der Waals surface area contributed by atoms with Gasteiger partial charge in [-0.25, -0.2) is 13.1 Å². The molecule has 1 aliphatic rings. The van der Waals surface area contributed by atoms with Gasteiger partial charge in [0.2, 0.25) is 10.0 Å². The lowest BCUT2D eigenvalue weighted by Gasteiger charge is -2.14. The van der Waals surface area contributed by atoms with E-state index in [9.17, 15) is 8.42 Å². The molecule has 5 heteroatoms. The lowest BCUT2D eigenvalue weighted by Crippen LogP contribution is -2.35. The van der Waals surface area contributed by atoms with Crippen LogP contribution in [0, 0.1) is 5.92 Å². The molecule has 72 valence electrons. The van der Waals surface area contributed by atoms with Gasteiger partial charge in [-0.1, -0.05) is 6.42 Å². The number of sulfonamides is 1. The second-order valence-corrected chi connectivity index (χ2v) is 5.31. The quantitative estimate of drug-likeness (QED) is 0.642. The van der Waals surface area contributed by atoms with Gasteiger partial charge < -0.3 is 5.73 Å². The van der Waals surface area contributed by atoms with Gasteiger partial charge in [0.1, 0.15) is 0 Å². The molecule has 1 aliphatic carbocycles. The van der Waals surface area contributed by atoms with Gasteiger partial charge in [0.05, 0.1) is 6.26 Å². The van der Waals surface area contributed by atoms with Crippen molar-refractivity contribution in [1.82, 2.24) is 4.72 Å². The van der Waals surface area contributed by atoms with Crippen molar-refractivity contribution in [2.75, 3.05) is 12.8 Å². The second kappa shape index (κ2) is 3.72. The molecule has 0 unspecified atom stereocenters. The van der Waals surface area contributed by atoms with Crippen molar-refractivity contribution < 1.29 is 8.42 Å². The molecule has 3 N–H and O–H groups in total. The zero-order chi connectivity index (χ0) is 9.19. The molecular weight excluding hydrogens is 176 g/mol. The number of hydrogen-bond acceptors (Lipinski definition) is 3. The molecule has 0 bridgehead atoms. The Hall–Kier alpha value is -0.130. The van der Waals surface area contributed by atoms with E-state index in [-0.39, 0.29) is 6.04 Å². The van der Waals surface area contributed by atoms with Crippen LogP contribution in [0.15, 0.2) is 0 Å². The van der Waals surface area contributed by atoms with E-state index in [1.165, 1.54) is 6.26 Å². The Kier molecular flexibility index (Phi) is 3.09. The van der Waals surface area contributed by atoms with E-state index in [1.54, 1.807) is 0 Å². The first kappa shape index (κ1) is 9.95. The molecule has 2 atom stereocenters. The molecule has 0 aromatic carbocycles. The van der Waals surface area contributed by atoms with Crippen LogP contribution in [-0.4, -0.2) is 27.3 Å². The summed E-state index contributed by atoms with van der Waals surface area (Å²) in [4.78, 5) is 0. The average Bonchev–Trinajstić information content (AvgIpc) is 2.29. The Balaban J connectivity index is 2.32. The van der Waals surface area contributed by atoms with Crippen LogP contribution in [0.25, 0.3) is 0 Å². The Labute approximate surface area is 73.6 Å². The minimum absolute atomic E-state index is 0.180. The van der Waals surface area contributed by atoms with Gasteiger partial charge in [-0.2, -0.15) is 0 Å². The van der Waals surface area contributed by atoms with Crippen molar-refractivity contribution in [2.24, 2.45) is 11.7 Å². The Bertz CT molecular complexity index is 238. The van der Waals surface area contributed by atoms with Gasteiger partial charge in [-0.3, -0.25) is 0 Å². The Morgan fingerprint density at radius 2 is 2.17 bits per heavy atom. The molecule has 0 radical (unpaired) electrons. The highest BCUT2D eigenvalue weighted by Gasteiger charge is 2.24. The van der Waals surface area contributed by atoms with E-state index >= 15 is 0 Å². The zero-order valence-corrected chi connectivity index (χ0v) is 8.10. The predicted molar refractivity (Wildman–Crippen MR) is 48.2 cm³/mol. The van der Waals surface area contributed by atoms with E-state index < -0.39 is 10.0 Å². The highest BCUT2D eigenvalue weighted by Crippen LogP contribution is 2.22. The summed E-state index contributed by atoms with van der Waals surface area (Å²) in [6.07, 6.45) is 4.37. The fraction of sp³-hybridized carbons (Fsp3) is 1.00. The lowest BCUT2D eigenvalue weighted by molar-refractivity contribution is 0.470. The largest absolute Gasteiger partial charge is 0.327 e. The third-order valence-electron chi connectivity index (χ3n) is 2.33. The SMILES string of the molecule is CS(=O)(=O)NC[C@H]1CCC[C@@H]1N. The molecule has 0 amide bonds. The fourth-order valence-corrected chi connectivity index (χ4v) is 2.09. The van der Waals surface area contributed by atoms with Gasteiger partial charge in [0.15, 0.2) is 0 Å². The van der Waals surface area contributed by atoms with Crippen molar-refractivity contribution >= 4 is 10.0 Å². The van der Waals surface area contributed by atoms with E-state index in [1.807, 2.05) is 0 Å². The maximum absolute atomic E-state index is 10.7. The normalized spacial score (nSPS) is 30.8. The van der Waals surface area contributed by atoms with E-state index in [4.69, 9.17) is 5.73 Å². The molecule has 0 spiro atoms. The van der Waals surface area contributed by atoms with Crippen molar-refractivity contribution in [1.29, 1.82) is 0 Å². The zero-order valence-electron chi connectivity index (χ0n) is 7.29. The van der Waals surface area contributed by atoms with Crippen molar-refractivity contribution in [3.05, 3.63) is 0 Å². The molecule has 0 aromatic heterocycles. The molecule has 1 fully saturated rings. The summed E-state index contributed by atoms with van der Waals surface area (Å²) in [6.45, 7) is 0.500. The molecule has 0 heterocycles. The smallest absolute Gasteiger partial charge is 0.208 e. The Morgan fingerprint density at radius 1 is 1.50 bits per heavy atom. The number of nitrogens with two attached hydrogens (primary N) is 1. The van der Waals surface area contributed by atoms with Crippen LogP contribution < -0.4 is 10.5 Å². The molecule has 12 heavy (non-hydrogen) atoms. The van der Waals surface area contributed by atoms with Crippen LogP contribution in [-0.2, 0) is 10.0 Å². The summed E-state index contributed by atoms with van der Waals surface area (Å²) >= 11 is 0. The van der Waals surface area contributed by atoms with Crippen LogP contribution in [0.5, 0.6) is 0 Å². The summed E-state index contributed by atoms with van der Waals surface area (Å²) in [7, 11) is -3.04. The Morgan fingerprint density at radius 3 is 2.58 bits per heavy atom. The van der Waals surface area contributed by atoms with Crippen LogP contribution in [0.3, 0.4) is 0 Å². The number of nitrogens with one attached hydrogen (secondary N) is 1. The molecule has 0 aromatic rings. The molecule has 0 aliphatic heterocycles. The molecular formula is C7H16N2O2S. The van der Waals surface area contributed by atoms with Gasteiger partial charge >= 0.3 is 0 Å². The third kappa shape index (κ3) is 3.08. The summed E-state index contributed by atoms with van der Waals surface area (Å²) in [5.41, 5.74) is 5.77. The third-order valence-corrected chi connectivity index (χ3v) is 3.02. The standard InChI is InChI=1S/C7H16N2O2S/c1-12(10,11)9-5-6-3-2-4-7(6)8/h6-7,9H,2-5,8H2,1H3/t6-,7+/m1/s1. The van der Waals surface area contributed by atoms with Crippen LogP contribution in [0.1, 0.15) is 19.3 Å². The van der Waals surface area contributed by atoms with Crippen LogP contribution >= 0.6 is 0 Å². The first-order valence-corrected chi connectivity index (χ1v) is 6.08. The monoisotopic (exact) mass is 192 g/mol. The van der Waals surface area contributed by atoms with Gasteiger partial charge in [0, 0.05) is 12.6 Å². The van der Waals surface area contributed by atoms with Crippen LogP contribution in [0.2, 0.25) is 0 Å². The lowest BCUT2D eigenvalue weighted by atomic mass is 10.1. The minimum atomic E-state index is -3.04. The summed E-state index contributed by atoms with van der Waals surface area (Å²) < 4.78 is 24.0. The topological polar surface area (TPSA) is 72.2 Å². The second-order valence-electron chi connectivity index (χ2n) is 3.48. The van der Waals surface area contributed by atoms with Gasteiger partial charge in [0.25, 0.3) is 0 Å². The predicted octanol–water partition coefficient (Wildman–Crippen LogP) is -0.337. The molecule has 0 saturated heterocycles. The molecule has 4 nitrogen and oxygen atoms in total. The summed E-state index contributed by atoms with van der Waals surface area (Å²) in [6, 6.07) is 0.180. The summed E-state index contributed by atoms with van der Waals surface area (Å²) in [5.74, 6) is 0.333. The van der Waals surface area contributed by atoms with Crippen molar-refractivity contribution in [2.45, 2.75) is 25.3 Å².